The minimum Gasteiger partial charge on any atom is -0.354 e. The van der Waals surface area contributed by atoms with Crippen LogP contribution in [0.4, 0.5) is 5.82 Å². The summed E-state index contributed by atoms with van der Waals surface area (Å²) in [5, 5.41) is 8.08. The summed E-state index contributed by atoms with van der Waals surface area (Å²) in [7, 11) is 0. The van der Waals surface area contributed by atoms with Crippen molar-refractivity contribution >= 4 is 22.6 Å². The number of aromatic amines is 1. The Morgan fingerprint density at radius 3 is 2.56 bits per heavy atom. The number of benzene rings is 1. The number of carbonyl (C=O) groups is 1. The molecule has 2 aliphatic rings. The van der Waals surface area contributed by atoms with Crippen molar-refractivity contribution in [2.45, 2.75) is 6.04 Å². The maximum atomic E-state index is 12.8. The highest BCUT2D eigenvalue weighted by Crippen LogP contribution is 2.23. The maximum Gasteiger partial charge on any atom is 0.275 e. The molecule has 7 nitrogen and oxygen atoms in total. The Balaban J connectivity index is 1.17. The van der Waals surface area contributed by atoms with Gasteiger partial charge in [0.1, 0.15) is 5.82 Å². The van der Waals surface area contributed by atoms with Crippen molar-refractivity contribution in [1.29, 1.82) is 0 Å². The van der Waals surface area contributed by atoms with Gasteiger partial charge in [-0.3, -0.25) is 14.8 Å². The predicted molar refractivity (Wildman–Crippen MR) is 104 cm³/mol. The van der Waals surface area contributed by atoms with Crippen molar-refractivity contribution < 1.29 is 4.79 Å². The van der Waals surface area contributed by atoms with Crippen molar-refractivity contribution in [2.24, 2.45) is 0 Å². The first-order valence-electron chi connectivity index (χ1n) is 9.42. The number of pyridine rings is 1. The van der Waals surface area contributed by atoms with E-state index in [1.807, 2.05) is 47.5 Å². The van der Waals surface area contributed by atoms with Crippen LogP contribution < -0.4 is 4.90 Å². The largest absolute Gasteiger partial charge is 0.354 e. The zero-order valence-corrected chi connectivity index (χ0v) is 15.1. The van der Waals surface area contributed by atoms with Gasteiger partial charge in [-0.25, -0.2) is 4.98 Å². The highest BCUT2D eigenvalue weighted by Gasteiger charge is 2.37. The summed E-state index contributed by atoms with van der Waals surface area (Å²) in [6, 6.07) is 14.3. The molecule has 0 aliphatic carbocycles. The number of aromatic nitrogens is 3. The van der Waals surface area contributed by atoms with E-state index in [4.69, 9.17) is 0 Å². The predicted octanol–water partition coefficient (Wildman–Crippen LogP) is 1.60. The first kappa shape index (κ1) is 16.3. The minimum absolute atomic E-state index is 0.0239. The molecule has 2 fully saturated rings. The third-order valence-electron chi connectivity index (χ3n) is 5.63. The number of piperazine rings is 1. The Bertz CT molecular complexity index is 941. The number of hydrogen-bond acceptors (Lipinski definition) is 5. The molecule has 0 spiro atoms. The van der Waals surface area contributed by atoms with Crippen LogP contribution in [0.5, 0.6) is 0 Å². The van der Waals surface area contributed by atoms with Gasteiger partial charge in [0.2, 0.25) is 0 Å². The number of nitrogens with one attached hydrogen (secondary N) is 1. The number of para-hydroxylation sites is 1. The summed E-state index contributed by atoms with van der Waals surface area (Å²) in [6.45, 7) is 5.54. The number of nitrogens with zero attached hydrogens (tertiary/aromatic N) is 5. The molecule has 1 amide bonds. The van der Waals surface area contributed by atoms with Crippen LogP contribution in [0.15, 0.2) is 48.7 Å². The lowest BCUT2D eigenvalue weighted by Crippen LogP contribution is -2.64. The molecule has 138 valence electrons. The molecule has 3 aromatic rings. The van der Waals surface area contributed by atoms with Gasteiger partial charge in [-0.2, -0.15) is 5.10 Å². The molecule has 2 aliphatic heterocycles. The first-order chi connectivity index (χ1) is 13.3. The lowest BCUT2D eigenvalue weighted by Gasteiger charge is -2.48. The van der Waals surface area contributed by atoms with Crippen LogP contribution in [-0.4, -0.2) is 76.2 Å². The van der Waals surface area contributed by atoms with Crippen molar-refractivity contribution in [3.63, 3.8) is 0 Å². The standard InChI is InChI=1S/C20H22N6O/c27-20(19-16-5-1-2-6-17(16)22-23-19)26-13-15(14-26)24-9-11-25(12-10-24)18-7-3-4-8-21-18/h1-8,15H,9-14H2,(H,22,23). The van der Waals surface area contributed by atoms with E-state index in [0.717, 1.165) is 56.0 Å². The average Bonchev–Trinajstić information content (AvgIpc) is 3.12. The molecule has 0 unspecified atom stereocenters. The molecule has 0 bridgehead atoms. The topological polar surface area (TPSA) is 68.4 Å². The van der Waals surface area contributed by atoms with E-state index in [0.29, 0.717) is 11.7 Å². The third-order valence-corrected chi connectivity index (χ3v) is 5.63. The first-order valence-corrected chi connectivity index (χ1v) is 9.42. The number of fused-ring (bicyclic) bond motifs is 1. The smallest absolute Gasteiger partial charge is 0.275 e. The lowest BCUT2D eigenvalue weighted by atomic mass is 10.0. The van der Waals surface area contributed by atoms with Crippen LogP contribution in [0.2, 0.25) is 0 Å². The minimum atomic E-state index is 0.0239. The van der Waals surface area contributed by atoms with Gasteiger partial charge in [-0.1, -0.05) is 24.3 Å². The van der Waals surface area contributed by atoms with E-state index in [-0.39, 0.29) is 5.91 Å². The highest BCUT2D eigenvalue weighted by atomic mass is 16.2. The van der Waals surface area contributed by atoms with Crippen molar-refractivity contribution in [3.8, 4) is 0 Å². The van der Waals surface area contributed by atoms with E-state index in [2.05, 4.69) is 31.0 Å². The maximum absolute atomic E-state index is 12.8. The van der Waals surface area contributed by atoms with E-state index < -0.39 is 0 Å². The summed E-state index contributed by atoms with van der Waals surface area (Å²) in [5.41, 5.74) is 1.44. The molecule has 0 atom stereocenters. The second-order valence-corrected chi connectivity index (χ2v) is 7.19. The SMILES string of the molecule is O=C(c1n[nH]c2ccccc12)N1CC(N2CCN(c3ccccn3)CC2)C1. The molecule has 2 aromatic heterocycles. The molecular weight excluding hydrogens is 340 g/mol. The highest BCUT2D eigenvalue weighted by molar-refractivity contribution is 6.04. The van der Waals surface area contributed by atoms with Crippen LogP contribution in [0.1, 0.15) is 10.5 Å². The van der Waals surface area contributed by atoms with Crippen LogP contribution in [-0.2, 0) is 0 Å². The fraction of sp³-hybridized carbons (Fsp3) is 0.350. The number of amides is 1. The Labute approximate surface area is 157 Å². The van der Waals surface area contributed by atoms with Crippen molar-refractivity contribution in [3.05, 3.63) is 54.4 Å². The zero-order chi connectivity index (χ0) is 18.2. The fourth-order valence-electron chi connectivity index (χ4n) is 3.99. The average molecular weight is 362 g/mol. The lowest BCUT2D eigenvalue weighted by molar-refractivity contribution is 0.0243. The van der Waals surface area contributed by atoms with Gasteiger partial charge in [0, 0.05) is 56.9 Å². The van der Waals surface area contributed by atoms with Crippen LogP contribution >= 0.6 is 0 Å². The number of hydrogen-bond donors (Lipinski definition) is 1. The Hall–Kier alpha value is -2.93. The molecule has 1 N–H and O–H groups in total. The van der Waals surface area contributed by atoms with E-state index in [1.165, 1.54) is 0 Å². The second kappa shape index (κ2) is 6.66. The Morgan fingerprint density at radius 1 is 1.00 bits per heavy atom. The summed E-state index contributed by atoms with van der Waals surface area (Å²) in [4.78, 5) is 23.9. The monoisotopic (exact) mass is 362 g/mol. The zero-order valence-electron chi connectivity index (χ0n) is 15.1. The Morgan fingerprint density at radius 2 is 1.78 bits per heavy atom. The molecule has 27 heavy (non-hydrogen) atoms. The summed E-state index contributed by atoms with van der Waals surface area (Å²) >= 11 is 0. The Kier molecular flexibility index (Phi) is 4.01. The number of anilines is 1. The number of H-pyrrole nitrogens is 1. The second-order valence-electron chi connectivity index (χ2n) is 7.19. The number of rotatable bonds is 3. The fourth-order valence-corrected chi connectivity index (χ4v) is 3.99. The molecule has 2 saturated heterocycles. The van der Waals surface area contributed by atoms with E-state index in [9.17, 15) is 4.79 Å². The summed E-state index contributed by atoms with van der Waals surface area (Å²) in [5.74, 6) is 1.07. The van der Waals surface area contributed by atoms with E-state index >= 15 is 0 Å². The van der Waals surface area contributed by atoms with Crippen LogP contribution in [0.25, 0.3) is 10.9 Å². The third kappa shape index (κ3) is 2.94. The van der Waals surface area contributed by atoms with Gasteiger partial charge >= 0.3 is 0 Å². The van der Waals surface area contributed by atoms with Crippen LogP contribution in [0, 0.1) is 0 Å². The summed E-state index contributed by atoms with van der Waals surface area (Å²) < 4.78 is 0. The quantitative estimate of drug-likeness (QED) is 0.767. The molecule has 1 aromatic carbocycles. The van der Waals surface area contributed by atoms with Gasteiger partial charge in [0.15, 0.2) is 5.69 Å². The summed E-state index contributed by atoms with van der Waals surface area (Å²) in [6.07, 6.45) is 1.84. The van der Waals surface area contributed by atoms with Crippen molar-refractivity contribution in [1.82, 2.24) is 25.0 Å². The van der Waals surface area contributed by atoms with Gasteiger partial charge in [-0.05, 0) is 18.2 Å². The number of carbonyl (C=O) groups excluding carboxylic acids is 1. The molecule has 5 rings (SSSR count). The molecule has 0 saturated carbocycles. The number of likely N-dealkylation sites (tertiary alicyclic amines) is 1. The molecule has 7 heteroatoms. The molecule has 0 radical (unpaired) electrons. The van der Waals surface area contributed by atoms with E-state index in [1.54, 1.807) is 0 Å². The van der Waals surface area contributed by atoms with Gasteiger partial charge in [0.05, 0.1) is 5.52 Å². The van der Waals surface area contributed by atoms with Crippen molar-refractivity contribution in [2.75, 3.05) is 44.2 Å². The van der Waals surface area contributed by atoms with Gasteiger partial charge < -0.3 is 9.80 Å². The molecular formula is C20H22N6O. The van der Waals surface area contributed by atoms with Crippen LogP contribution in [0.3, 0.4) is 0 Å². The normalized spacial score (nSPS) is 18.7. The van der Waals surface area contributed by atoms with Gasteiger partial charge in [0.25, 0.3) is 5.91 Å². The van der Waals surface area contributed by atoms with Gasteiger partial charge in [-0.15, -0.1) is 0 Å². The molecule has 4 heterocycles.